The molecule has 1 amide bonds. The van der Waals surface area contributed by atoms with Gasteiger partial charge in [0.15, 0.2) is 0 Å². The molecule has 4 nitrogen and oxygen atoms in total. The summed E-state index contributed by atoms with van der Waals surface area (Å²) < 4.78 is 0. The largest absolute Gasteiger partial charge is 0.342 e. The highest BCUT2D eigenvalue weighted by Crippen LogP contribution is 2.16. The number of aldehydes is 1. The van der Waals surface area contributed by atoms with Gasteiger partial charge in [-0.2, -0.15) is 0 Å². The molecule has 2 heterocycles. The van der Waals surface area contributed by atoms with Gasteiger partial charge in [-0.15, -0.1) is 0 Å². The summed E-state index contributed by atoms with van der Waals surface area (Å²) >= 11 is 0. The van der Waals surface area contributed by atoms with Crippen LogP contribution in [-0.2, 0) is 9.59 Å². The molecule has 2 aliphatic rings. The Hall–Kier alpha value is -0.900. The van der Waals surface area contributed by atoms with Gasteiger partial charge in [0.2, 0.25) is 5.91 Å². The van der Waals surface area contributed by atoms with E-state index in [0.717, 1.165) is 58.0 Å². The van der Waals surface area contributed by atoms with Crippen molar-refractivity contribution in [1.82, 2.24) is 9.80 Å². The van der Waals surface area contributed by atoms with E-state index in [1.165, 1.54) is 19.3 Å². The molecule has 0 aromatic rings. The Morgan fingerprint density at radius 1 is 0.947 bits per heavy atom. The monoisotopic (exact) mass is 266 g/mol. The predicted molar refractivity (Wildman–Crippen MR) is 74.9 cm³/mol. The lowest BCUT2D eigenvalue weighted by Crippen LogP contribution is -2.48. The average molecular weight is 266 g/mol. The molecule has 2 rings (SSSR count). The molecule has 0 N–H and O–H groups in total. The molecule has 1 atom stereocenters. The van der Waals surface area contributed by atoms with Gasteiger partial charge in [-0.25, -0.2) is 0 Å². The van der Waals surface area contributed by atoms with E-state index in [1.54, 1.807) is 0 Å². The zero-order valence-corrected chi connectivity index (χ0v) is 11.9. The highest BCUT2D eigenvalue weighted by atomic mass is 16.2. The minimum atomic E-state index is -0.0348. The maximum absolute atomic E-state index is 12.4. The fourth-order valence-electron chi connectivity index (χ4n) is 3.14. The molecule has 0 bridgehead atoms. The number of rotatable bonds is 3. The fraction of sp³-hybridized carbons (Fsp3) is 0.867. The number of hydrogen-bond donors (Lipinski definition) is 0. The van der Waals surface area contributed by atoms with Gasteiger partial charge in [0.1, 0.15) is 6.29 Å². The molecule has 4 heteroatoms. The van der Waals surface area contributed by atoms with Crippen LogP contribution in [0.5, 0.6) is 0 Å². The van der Waals surface area contributed by atoms with Crippen LogP contribution in [0.4, 0.5) is 0 Å². The third-order valence-corrected chi connectivity index (χ3v) is 4.37. The Labute approximate surface area is 116 Å². The first-order chi connectivity index (χ1) is 9.31. The molecule has 108 valence electrons. The smallest absolute Gasteiger partial charge is 0.236 e. The van der Waals surface area contributed by atoms with Crippen molar-refractivity contribution >= 4 is 12.2 Å². The van der Waals surface area contributed by atoms with Gasteiger partial charge < -0.3 is 9.69 Å². The summed E-state index contributed by atoms with van der Waals surface area (Å²) in [5.74, 6) is 0.218. The van der Waals surface area contributed by atoms with Crippen LogP contribution < -0.4 is 0 Å². The van der Waals surface area contributed by atoms with Gasteiger partial charge in [-0.05, 0) is 32.2 Å². The topological polar surface area (TPSA) is 40.6 Å². The van der Waals surface area contributed by atoms with Crippen LogP contribution in [0.1, 0.15) is 51.4 Å². The van der Waals surface area contributed by atoms with Crippen molar-refractivity contribution in [2.75, 3.05) is 26.2 Å². The van der Waals surface area contributed by atoms with Gasteiger partial charge in [0.05, 0.1) is 12.6 Å². The van der Waals surface area contributed by atoms with Crippen LogP contribution in [0.25, 0.3) is 0 Å². The molecule has 0 spiro atoms. The summed E-state index contributed by atoms with van der Waals surface area (Å²) in [6, 6.07) is -0.0348. The molecule has 1 unspecified atom stereocenters. The minimum Gasteiger partial charge on any atom is -0.342 e. The van der Waals surface area contributed by atoms with Crippen molar-refractivity contribution in [3.8, 4) is 0 Å². The first-order valence-electron chi connectivity index (χ1n) is 7.78. The van der Waals surface area contributed by atoms with Gasteiger partial charge in [0, 0.05) is 13.1 Å². The van der Waals surface area contributed by atoms with Gasteiger partial charge in [-0.3, -0.25) is 9.69 Å². The van der Waals surface area contributed by atoms with Crippen molar-refractivity contribution in [1.29, 1.82) is 0 Å². The molecule has 19 heavy (non-hydrogen) atoms. The van der Waals surface area contributed by atoms with Crippen molar-refractivity contribution < 1.29 is 9.59 Å². The zero-order chi connectivity index (χ0) is 13.5. The Morgan fingerprint density at radius 2 is 1.58 bits per heavy atom. The molecular formula is C15H26N2O2. The maximum Gasteiger partial charge on any atom is 0.236 e. The third-order valence-electron chi connectivity index (χ3n) is 4.37. The molecule has 0 radical (unpaired) electrons. The molecule has 0 aliphatic carbocycles. The lowest BCUT2D eigenvalue weighted by Gasteiger charge is -2.34. The van der Waals surface area contributed by atoms with Crippen molar-refractivity contribution in [2.24, 2.45) is 0 Å². The molecule has 0 saturated carbocycles. The first-order valence-corrected chi connectivity index (χ1v) is 7.78. The van der Waals surface area contributed by atoms with E-state index in [4.69, 9.17) is 0 Å². The molecule has 2 fully saturated rings. The summed E-state index contributed by atoms with van der Waals surface area (Å²) in [5.41, 5.74) is 0. The number of carbonyl (C=O) groups excluding carboxylic acids is 2. The summed E-state index contributed by atoms with van der Waals surface area (Å²) in [6.07, 6.45) is 10.2. The second-order valence-electron chi connectivity index (χ2n) is 5.82. The van der Waals surface area contributed by atoms with E-state index in [9.17, 15) is 9.59 Å². The highest BCUT2D eigenvalue weighted by Gasteiger charge is 2.25. The van der Waals surface area contributed by atoms with Crippen molar-refractivity contribution in [3.05, 3.63) is 0 Å². The number of nitrogens with zero attached hydrogens (tertiary/aromatic N) is 2. The number of likely N-dealkylation sites (tertiary alicyclic amines) is 2. The Morgan fingerprint density at radius 3 is 2.26 bits per heavy atom. The molecule has 2 aliphatic heterocycles. The van der Waals surface area contributed by atoms with E-state index in [-0.39, 0.29) is 11.9 Å². The van der Waals surface area contributed by atoms with E-state index in [2.05, 4.69) is 4.90 Å². The number of carbonyl (C=O) groups is 2. The van der Waals surface area contributed by atoms with Crippen LogP contribution in [-0.4, -0.2) is 54.2 Å². The summed E-state index contributed by atoms with van der Waals surface area (Å²) in [4.78, 5) is 27.5. The summed E-state index contributed by atoms with van der Waals surface area (Å²) in [6.45, 7) is 3.13. The predicted octanol–water partition coefficient (Wildman–Crippen LogP) is 1.83. The standard InChI is InChI=1S/C15H26N2O2/c18-13-14-8-4-7-11-17(14)12-15(19)16-9-5-2-1-3-6-10-16/h13-14H,1-12H2. The SMILES string of the molecule is O=CC1CCCCN1CC(=O)N1CCCCCCC1. The van der Waals surface area contributed by atoms with Crippen LogP contribution >= 0.6 is 0 Å². The maximum atomic E-state index is 12.4. The van der Waals surface area contributed by atoms with E-state index >= 15 is 0 Å². The van der Waals surface area contributed by atoms with Crippen LogP contribution in [0.3, 0.4) is 0 Å². The number of piperidine rings is 1. The summed E-state index contributed by atoms with van der Waals surface area (Å²) in [5, 5.41) is 0. The second-order valence-corrected chi connectivity index (χ2v) is 5.82. The molecule has 0 aromatic heterocycles. The number of amides is 1. The van der Waals surface area contributed by atoms with Crippen molar-refractivity contribution in [3.63, 3.8) is 0 Å². The van der Waals surface area contributed by atoms with Gasteiger partial charge in [-0.1, -0.05) is 25.7 Å². The zero-order valence-electron chi connectivity index (χ0n) is 11.9. The first kappa shape index (κ1) is 14.5. The van der Waals surface area contributed by atoms with Crippen LogP contribution in [0.2, 0.25) is 0 Å². The Bertz CT molecular complexity index is 299. The molecule has 2 saturated heterocycles. The van der Waals surface area contributed by atoms with E-state index in [0.29, 0.717) is 6.54 Å². The molecular weight excluding hydrogens is 240 g/mol. The molecule has 0 aromatic carbocycles. The lowest BCUT2D eigenvalue weighted by atomic mass is 10.0. The van der Waals surface area contributed by atoms with Crippen LogP contribution in [0.15, 0.2) is 0 Å². The normalized spacial score (nSPS) is 26.5. The minimum absolute atomic E-state index is 0.0348. The van der Waals surface area contributed by atoms with Gasteiger partial charge >= 0.3 is 0 Å². The van der Waals surface area contributed by atoms with E-state index in [1.807, 2.05) is 4.90 Å². The highest BCUT2D eigenvalue weighted by molar-refractivity contribution is 5.78. The van der Waals surface area contributed by atoms with E-state index < -0.39 is 0 Å². The van der Waals surface area contributed by atoms with Gasteiger partial charge in [0.25, 0.3) is 0 Å². The quantitative estimate of drug-likeness (QED) is 0.732. The second kappa shape index (κ2) is 7.63. The Kier molecular flexibility index (Phi) is 5.83. The number of hydrogen-bond acceptors (Lipinski definition) is 3. The third kappa shape index (κ3) is 4.30. The average Bonchev–Trinajstić information content (AvgIpc) is 2.38. The van der Waals surface area contributed by atoms with Crippen molar-refractivity contribution in [2.45, 2.75) is 57.4 Å². The Balaban J connectivity index is 1.85. The van der Waals surface area contributed by atoms with Crippen LogP contribution in [0, 0.1) is 0 Å². The lowest BCUT2D eigenvalue weighted by molar-refractivity contribution is -0.134. The summed E-state index contributed by atoms with van der Waals surface area (Å²) in [7, 11) is 0. The fourth-order valence-corrected chi connectivity index (χ4v) is 3.14.